The van der Waals surface area contributed by atoms with Gasteiger partial charge in [-0.05, 0) is 19.3 Å². The molecule has 1 aliphatic heterocycles. The van der Waals surface area contributed by atoms with E-state index in [1.807, 2.05) is 7.05 Å². The number of nitrogens with one attached hydrogen (secondary N) is 1. The molecule has 1 aliphatic rings. The van der Waals surface area contributed by atoms with E-state index in [1.165, 1.54) is 10.8 Å². The highest BCUT2D eigenvalue weighted by Gasteiger charge is 2.38. The standard InChI is InChI=1S/C10H21N6OS.ClH/c1-14-9-10(8-13-14)15(18(11,12)17)16(2)6-4-3-5-7-16;/h8-9H,3-7H2,1-2H3,(H3,11,12,17);1H/q+1;/p-1. The number of nitrogens with zero attached hydrogens (tertiary/aromatic N) is 4. The summed E-state index contributed by atoms with van der Waals surface area (Å²) in [6.07, 6.45) is 6.66. The van der Waals surface area contributed by atoms with Gasteiger partial charge in [-0.1, -0.05) is 0 Å². The fourth-order valence-corrected chi connectivity index (χ4v) is 3.77. The monoisotopic (exact) mass is 308 g/mol. The molecular formula is C10H21ClN6OS. The van der Waals surface area contributed by atoms with Crippen LogP contribution in [0.5, 0.6) is 0 Å². The Morgan fingerprint density at radius 3 is 2.47 bits per heavy atom. The van der Waals surface area contributed by atoms with E-state index in [9.17, 15) is 4.21 Å². The smallest absolute Gasteiger partial charge is 0.234 e. The van der Waals surface area contributed by atoms with Gasteiger partial charge in [-0.3, -0.25) is 4.68 Å². The molecule has 19 heavy (non-hydrogen) atoms. The lowest BCUT2D eigenvalue weighted by atomic mass is 10.1. The lowest BCUT2D eigenvalue weighted by Gasteiger charge is -2.44. The third-order valence-corrected chi connectivity index (χ3v) is 4.51. The maximum atomic E-state index is 12.1. The molecule has 1 fully saturated rings. The van der Waals surface area contributed by atoms with Gasteiger partial charge in [-0.25, -0.2) is 18.7 Å². The van der Waals surface area contributed by atoms with Gasteiger partial charge in [0.25, 0.3) is 0 Å². The van der Waals surface area contributed by atoms with Gasteiger partial charge in [0.2, 0.25) is 10.1 Å². The van der Waals surface area contributed by atoms with Crippen molar-refractivity contribution < 1.29 is 21.2 Å². The Labute approximate surface area is 120 Å². The minimum Gasteiger partial charge on any atom is -1.00 e. The van der Waals surface area contributed by atoms with Crippen molar-refractivity contribution in [2.45, 2.75) is 19.3 Å². The van der Waals surface area contributed by atoms with E-state index in [2.05, 4.69) is 5.10 Å². The molecule has 1 unspecified atom stereocenters. The quantitative estimate of drug-likeness (QED) is 0.610. The molecular weight excluding hydrogens is 288 g/mol. The number of aromatic nitrogens is 2. The normalized spacial score (nSPS) is 21.2. The van der Waals surface area contributed by atoms with Crippen LogP contribution in [0, 0.1) is 4.78 Å². The Hall–Kier alpha value is -0.830. The number of hydrogen-bond acceptors (Lipinski definition) is 3. The van der Waals surface area contributed by atoms with Crippen LogP contribution in [-0.4, -0.2) is 38.7 Å². The Bertz CT molecular complexity index is 522. The van der Waals surface area contributed by atoms with Gasteiger partial charge < -0.3 is 12.4 Å². The minimum atomic E-state index is -3.31. The van der Waals surface area contributed by atoms with Gasteiger partial charge >= 0.3 is 0 Å². The van der Waals surface area contributed by atoms with Crippen LogP contribution in [0.25, 0.3) is 0 Å². The third kappa shape index (κ3) is 3.38. The molecule has 0 amide bonds. The van der Waals surface area contributed by atoms with Gasteiger partial charge in [0.1, 0.15) is 18.8 Å². The van der Waals surface area contributed by atoms with Crippen LogP contribution in [0.1, 0.15) is 19.3 Å². The largest absolute Gasteiger partial charge is 1.00 e. The predicted octanol–water partition coefficient (Wildman–Crippen LogP) is -2.39. The topological polar surface area (TPSA) is 88.0 Å². The molecule has 0 bridgehead atoms. The van der Waals surface area contributed by atoms with Crippen molar-refractivity contribution in [2.75, 3.05) is 24.6 Å². The number of nitrogens with two attached hydrogens (primary N) is 1. The maximum absolute atomic E-state index is 12.1. The summed E-state index contributed by atoms with van der Waals surface area (Å²) in [7, 11) is 0.461. The Kier molecular flexibility index (Phi) is 4.83. The molecule has 0 saturated carbocycles. The van der Waals surface area contributed by atoms with Gasteiger partial charge in [-0.2, -0.15) is 5.10 Å². The van der Waals surface area contributed by atoms with Crippen LogP contribution in [0.2, 0.25) is 0 Å². The van der Waals surface area contributed by atoms with Crippen molar-refractivity contribution in [3.8, 4) is 0 Å². The summed E-state index contributed by atoms with van der Waals surface area (Å²) in [5.74, 6) is 0. The molecule has 9 heteroatoms. The molecule has 110 valence electrons. The number of aryl methyl sites for hydroxylation is 1. The van der Waals surface area contributed by atoms with E-state index < -0.39 is 10.1 Å². The van der Waals surface area contributed by atoms with Crippen molar-refractivity contribution in [1.29, 1.82) is 4.78 Å². The summed E-state index contributed by atoms with van der Waals surface area (Å²) in [5, 5.41) is 9.68. The lowest BCUT2D eigenvalue weighted by Crippen LogP contribution is -3.00. The van der Waals surface area contributed by atoms with Gasteiger partial charge in [0.05, 0.1) is 19.4 Å². The second-order valence-electron chi connectivity index (χ2n) is 5.06. The first kappa shape index (κ1) is 16.2. The second-order valence-corrected chi connectivity index (χ2v) is 6.54. The van der Waals surface area contributed by atoms with Crippen LogP contribution >= 0.6 is 0 Å². The van der Waals surface area contributed by atoms with Crippen LogP contribution in [0.3, 0.4) is 0 Å². The van der Waals surface area contributed by atoms with Crippen LogP contribution in [0.15, 0.2) is 12.4 Å². The van der Waals surface area contributed by atoms with Crippen molar-refractivity contribution in [3.05, 3.63) is 12.4 Å². The van der Waals surface area contributed by atoms with Crippen LogP contribution in [-0.2, 0) is 17.1 Å². The van der Waals surface area contributed by atoms with E-state index in [4.69, 9.17) is 9.92 Å². The van der Waals surface area contributed by atoms with Gasteiger partial charge in [0, 0.05) is 7.05 Å². The number of quaternary nitrogens is 1. The molecule has 0 aromatic carbocycles. The second kappa shape index (κ2) is 5.66. The minimum absolute atomic E-state index is 0. The number of likely N-dealkylation sites (tertiary alicyclic amines) is 1. The average molecular weight is 309 g/mol. The molecule has 0 aliphatic carbocycles. The van der Waals surface area contributed by atoms with Gasteiger partial charge in [-0.15, -0.1) is 4.41 Å². The molecule has 2 heterocycles. The molecule has 7 nitrogen and oxygen atoms in total. The maximum Gasteiger partial charge on any atom is 0.234 e. The van der Waals surface area contributed by atoms with E-state index in [0.29, 0.717) is 10.3 Å². The molecule has 1 aromatic rings. The van der Waals surface area contributed by atoms with Crippen molar-refractivity contribution in [1.82, 2.24) is 9.78 Å². The first-order chi connectivity index (χ1) is 8.33. The zero-order chi connectivity index (χ0) is 13.4. The van der Waals surface area contributed by atoms with E-state index in [1.54, 1.807) is 24.1 Å². The Balaban J connectivity index is 0.00000180. The molecule has 1 aromatic heterocycles. The lowest BCUT2D eigenvalue weighted by molar-refractivity contribution is -0.911. The summed E-state index contributed by atoms with van der Waals surface area (Å²) >= 11 is 0. The number of piperidine rings is 1. The fourth-order valence-electron chi connectivity index (χ4n) is 2.61. The summed E-state index contributed by atoms with van der Waals surface area (Å²) < 4.78 is 23.4. The fraction of sp³-hybridized carbons (Fsp3) is 0.700. The number of halogens is 1. The first-order valence-electron chi connectivity index (χ1n) is 6.03. The molecule has 1 saturated heterocycles. The van der Waals surface area contributed by atoms with E-state index in [0.717, 1.165) is 25.9 Å². The highest BCUT2D eigenvalue weighted by molar-refractivity contribution is 7.91. The Morgan fingerprint density at radius 2 is 2.05 bits per heavy atom. The van der Waals surface area contributed by atoms with Crippen molar-refractivity contribution in [3.63, 3.8) is 0 Å². The summed E-state index contributed by atoms with van der Waals surface area (Å²) in [4.78, 5) is 0. The number of anilines is 1. The summed E-state index contributed by atoms with van der Waals surface area (Å²) in [6.45, 7) is 1.70. The molecule has 1 atom stereocenters. The van der Waals surface area contributed by atoms with E-state index >= 15 is 0 Å². The third-order valence-electron chi connectivity index (χ3n) is 3.39. The van der Waals surface area contributed by atoms with Gasteiger partial charge in [0.15, 0.2) is 0 Å². The number of hydrogen-bond donors (Lipinski definition) is 2. The zero-order valence-electron chi connectivity index (χ0n) is 11.3. The van der Waals surface area contributed by atoms with Crippen LogP contribution < -0.4 is 22.0 Å². The zero-order valence-corrected chi connectivity index (χ0v) is 12.8. The summed E-state index contributed by atoms with van der Waals surface area (Å²) in [5.41, 5.74) is 0.643. The van der Waals surface area contributed by atoms with E-state index in [-0.39, 0.29) is 12.4 Å². The summed E-state index contributed by atoms with van der Waals surface area (Å²) in [6, 6.07) is 0. The SMILES string of the molecule is Cn1cc(N([N+]2(C)CCCCC2)S(=N)(N)=O)cn1.[Cl-]. The van der Waals surface area contributed by atoms with Crippen molar-refractivity contribution >= 4 is 15.8 Å². The molecule has 0 radical (unpaired) electrons. The molecule has 3 N–H and O–H groups in total. The molecule has 2 rings (SSSR count). The Morgan fingerprint density at radius 1 is 1.47 bits per heavy atom. The highest BCUT2D eigenvalue weighted by atomic mass is 35.5. The first-order valence-corrected chi connectivity index (χ1v) is 7.61. The highest BCUT2D eigenvalue weighted by Crippen LogP contribution is 2.27. The van der Waals surface area contributed by atoms with Crippen molar-refractivity contribution in [2.24, 2.45) is 12.2 Å². The average Bonchev–Trinajstić information content (AvgIpc) is 2.63. The predicted molar refractivity (Wildman–Crippen MR) is 70.5 cm³/mol. The van der Waals surface area contributed by atoms with Crippen LogP contribution in [0.4, 0.5) is 5.69 Å². The number of rotatable bonds is 3. The molecule has 0 spiro atoms.